The van der Waals surface area contributed by atoms with Crippen LogP contribution >= 0.6 is 0 Å². The number of rotatable bonds is 6. The first kappa shape index (κ1) is 20.1. The second-order valence-electron chi connectivity index (χ2n) is 8.08. The zero-order chi connectivity index (χ0) is 20.3. The molecule has 0 unspecified atom stereocenters. The molecule has 28 heavy (non-hydrogen) atoms. The molecule has 6 heteroatoms. The van der Waals surface area contributed by atoms with Gasteiger partial charge in [0.05, 0.1) is 11.4 Å². The van der Waals surface area contributed by atoms with E-state index in [1.165, 1.54) is 6.42 Å². The first-order chi connectivity index (χ1) is 13.3. The minimum absolute atomic E-state index is 0.0357. The third kappa shape index (κ3) is 4.43. The predicted molar refractivity (Wildman–Crippen MR) is 108 cm³/mol. The lowest BCUT2D eigenvalue weighted by Crippen LogP contribution is -2.47. The Morgan fingerprint density at radius 2 is 1.79 bits per heavy atom. The summed E-state index contributed by atoms with van der Waals surface area (Å²) in [7, 11) is 0. The molecule has 1 aromatic heterocycles. The minimum Gasteiger partial charge on any atom is -0.481 e. The highest BCUT2D eigenvalue weighted by Crippen LogP contribution is 2.28. The molecule has 1 aliphatic rings. The predicted octanol–water partition coefficient (Wildman–Crippen LogP) is 3.96. The third-order valence-electron chi connectivity index (χ3n) is 5.78. The molecule has 1 aliphatic carbocycles. The van der Waals surface area contributed by atoms with Gasteiger partial charge in [-0.3, -0.25) is 9.59 Å². The van der Waals surface area contributed by atoms with E-state index in [2.05, 4.69) is 17.3 Å². The van der Waals surface area contributed by atoms with Crippen molar-refractivity contribution in [2.45, 2.75) is 71.3 Å². The van der Waals surface area contributed by atoms with Gasteiger partial charge in [0.15, 0.2) is 0 Å². The SMILES string of the molecule is Cc1nn(-c2ccc(C(=O)NC3(C)CCCCC3)cc2)c(C)c1CCC(=O)O. The molecular formula is C22H29N3O3. The number of carboxylic acids is 1. The van der Waals surface area contributed by atoms with Gasteiger partial charge < -0.3 is 10.4 Å². The van der Waals surface area contributed by atoms with Crippen molar-refractivity contribution in [1.29, 1.82) is 0 Å². The summed E-state index contributed by atoms with van der Waals surface area (Å²) in [6, 6.07) is 7.42. The van der Waals surface area contributed by atoms with E-state index < -0.39 is 5.97 Å². The number of nitrogens with one attached hydrogen (secondary N) is 1. The van der Waals surface area contributed by atoms with Crippen molar-refractivity contribution in [3.8, 4) is 5.69 Å². The van der Waals surface area contributed by atoms with E-state index in [-0.39, 0.29) is 17.9 Å². The number of nitrogens with zero attached hydrogens (tertiary/aromatic N) is 2. The first-order valence-electron chi connectivity index (χ1n) is 9.99. The van der Waals surface area contributed by atoms with Gasteiger partial charge in [-0.15, -0.1) is 0 Å². The van der Waals surface area contributed by atoms with Crippen molar-refractivity contribution in [3.63, 3.8) is 0 Å². The van der Waals surface area contributed by atoms with Gasteiger partial charge in [0.2, 0.25) is 0 Å². The van der Waals surface area contributed by atoms with Gasteiger partial charge >= 0.3 is 5.97 Å². The molecular weight excluding hydrogens is 354 g/mol. The van der Waals surface area contributed by atoms with Crippen LogP contribution in [-0.2, 0) is 11.2 Å². The van der Waals surface area contributed by atoms with E-state index in [0.717, 1.165) is 48.3 Å². The molecule has 1 aromatic carbocycles. The molecule has 2 aromatic rings. The van der Waals surface area contributed by atoms with E-state index in [1.54, 1.807) is 0 Å². The smallest absolute Gasteiger partial charge is 0.303 e. The van der Waals surface area contributed by atoms with Gasteiger partial charge in [0.1, 0.15) is 0 Å². The minimum atomic E-state index is -0.812. The summed E-state index contributed by atoms with van der Waals surface area (Å²) in [6.45, 7) is 5.97. The van der Waals surface area contributed by atoms with Crippen LogP contribution in [0.15, 0.2) is 24.3 Å². The molecule has 0 aliphatic heterocycles. The Morgan fingerprint density at radius 1 is 1.14 bits per heavy atom. The normalized spacial score (nSPS) is 16.0. The first-order valence-corrected chi connectivity index (χ1v) is 9.99. The lowest BCUT2D eigenvalue weighted by Gasteiger charge is -2.34. The topological polar surface area (TPSA) is 84.2 Å². The summed E-state index contributed by atoms with van der Waals surface area (Å²) in [5.41, 5.74) is 4.14. The molecule has 150 valence electrons. The van der Waals surface area contributed by atoms with Crippen LogP contribution in [-0.4, -0.2) is 32.3 Å². The lowest BCUT2D eigenvalue weighted by atomic mass is 9.83. The van der Waals surface area contributed by atoms with Crippen molar-refractivity contribution < 1.29 is 14.7 Å². The monoisotopic (exact) mass is 383 g/mol. The van der Waals surface area contributed by atoms with E-state index in [9.17, 15) is 9.59 Å². The van der Waals surface area contributed by atoms with Crippen molar-refractivity contribution >= 4 is 11.9 Å². The number of carboxylic acid groups (broad SMARTS) is 1. The summed E-state index contributed by atoms with van der Waals surface area (Å²) in [4.78, 5) is 23.5. The highest BCUT2D eigenvalue weighted by molar-refractivity contribution is 5.94. The van der Waals surface area contributed by atoms with Crippen molar-refractivity contribution in [2.24, 2.45) is 0 Å². The maximum Gasteiger partial charge on any atom is 0.303 e. The number of aromatic nitrogens is 2. The molecule has 1 amide bonds. The van der Waals surface area contributed by atoms with Crippen LogP contribution in [0.3, 0.4) is 0 Å². The van der Waals surface area contributed by atoms with Gasteiger partial charge in [-0.2, -0.15) is 5.10 Å². The standard InChI is InChI=1S/C22H29N3O3/c1-15-19(11-12-20(26)27)16(2)25(24-15)18-9-7-17(8-10-18)21(28)23-22(3)13-5-4-6-14-22/h7-10H,4-6,11-14H2,1-3H3,(H,23,28)(H,26,27). The molecule has 0 saturated heterocycles. The third-order valence-corrected chi connectivity index (χ3v) is 5.78. The second-order valence-corrected chi connectivity index (χ2v) is 8.08. The van der Waals surface area contributed by atoms with Crippen molar-refractivity contribution in [2.75, 3.05) is 0 Å². The molecule has 3 rings (SSSR count). The zero-order valence-corrected chi connectivity index (χ0v) is 16.9. The number of hydrogen-bond donors (Lipinski definition) is 2. The quantitative estimate of drug-likeness (QED) is 0.791. The maximum atomic E-state index is 12.7. The maximum absolute atomic E-state index is 12.7. The fourth-order valence-corrected chi connectivity index (χ4v) is 4.08. The molecule has 2 N–H and O–H groups in total. The Kier molecular flexibility index (Phi) is 5.87. The summed E-state index contributed by atoms with van der Waals surface area (Å²) in [5.74, 6) is -0.847. The van der Waals surface area contributed by atoms with Gasteiger partial charge in [-0.05, 0) is 69.9 Å². The van der Waals surface area contributed by atoms with Crippen LogP contribution in [0, 0.1) is 13.8 Å². The molecule has 0 bridgehead atoms. The summed E-state index contributed by atoms with van der Waals surface area (Å²) < 4.78 is 1.82. The van der Waals surface area contributed by atoms with Gasteiger partial charge in [0, 0.05) is 23.2 Å². The zero-order valence-electron chi connectivity index (χ0n) is 16.9. The van der Waals surface area contributed by atoms with Gasteiger partial charge in [0.25, 0.3) is 5.91 Å². The fourth-order valence-electron chi connectivity index (χ4n) is 4.08. The van der Waals surface area contributed by atoms with Crippen LogP contribution in [0.4, 0.5) is 0 Å². The van der Waals surface area contributed by atoms with E-state index in [0.29, 0.717) is 12.0 Å². The van der Waals surface area contributed by atoms with E-state index in [1.807, 2.05) is 42.8 Å². The van der Waals surface area contributed by atoms with Crippen LogP contribution in [0.25, 0.3) is 5.69 Å². The number of aliphatic carboxylic acids is 1. The van der Waals surface area contributed by atoms with E-state index >= 15 is 0 Å². The highest BCUT2D eigenvalue weighted by Gasteiger charge is 2.28. The molecule has 1 heterocycles. The number of aryl methyl sites for hydroxylation is 1. The van der Waals surface area contributed by atoms with Crippen molar-refractivity contribution in [3.05, 3.63) is 46.8 Å². The summed E-state index contributed by atoms with van der Waals surface area (Å²) in [5, 5.41) is 16.7. The van der Waals surface area contributed by atoms with Crippen molar-refractivity contribution in [1.82, 2.24) is 15.1 Å². The highest BCUT2D eigenvalue weighted by atomic mass is 16.4. The van der Waals surface area contributed by atoms with Crippen LogP contribution in [0.2, 0.25) is 0 Å². The van der Waals surface area contributed by atoms with Crippen LogP contribution < -0.4 is 5.32 Å². The fraction of sp³-hybridized carbons (Fsp3) is 0.500. The number of carbonyl (C=O) groups is 2. The molecule has 6 nitrogen and oxygen atoms in total. The summed E-state index contributed by atoms with van der Waals surface area (Å²) in [6.07, 6.45) is 6.19. The number of carbonyl (C=O) groups excluding carboxylic acids is 1. The number of amides is 1. The van der Waals surface area contributed by atoms with Crippen LogP contribution in [0.1, 0.15) is 72.8 Å². The number of benzene rings is 1. The Hall–Kier alpha value is -2.63. The van der Waals surface area contributed by atoms with Gasteiger partial charge in [-0.1, -0.05) is 19.3 Å². The Balaban J connectivity index is 1.74. The van der Waals surface area contributed by atoms with Gasteiger partial charge in [-0.25, -0.2) is 4.68 Å². The second kappa shape index (κ2) is 8.17. The Bertz CT molecular complexity index is 862. The average molecular weight is 383 g/mol. The van der Waals surface area contributed by atoms with Crippen LogP contribution in [0.5, 0.6) is 0 Å². The lowest BCUT2D eigenvalue weighted by molar-refractivity contribution is -0.136. The Morgan fingerprint density at radius 3 is 2.39 bits per heavy atom. The average Bonchev–Trinajstić information content (AvgIpc) is 2.94. The molecule has 1 saturated carbocycles. The largest absolute Gasteiger partial charge is 0.481 e. The molecule has 0 radical (unpaired) electrons. The Labute approximate surface area is 166 Å². The summed E-state index contributed by atoms with van der Waals surface area (Å²) >= 11 is 0. The number of hydrogen-bond acceptors (Lipinski definition) is 3. The molecule has 0 spiro atoms. The van der Waals surface area contributed by atoms with E-state index in [4.69, 9.17) is 5.11 Å². The molecule has 0 atom stereocenters. The molecule has 1 fully saturated rings.